The van der Waals surface area contributed by atoms with Crippen LogP contribution in [0.15, 0.2) is 28.8 Å². The molecule has 3 rings (SSSR count). The highest BCUT2D eigenvalue weighted by molar-refractivity contribution is 5.86. The molecule has 1 N–H and O–H groups in total. The van der Waals surface area contributed by atoms with Gasteiger partial charge in [-0.15, -0.1) is 0 Å². The van der Waals surface area contributed by atoms with Gasteiger partial charge in [0.15, 0.2) is 0 Å². The molecule has 0 spiro atoms. The molecule has 0 saturated carbocycles. The van der Waals surface area contributed by atoms with Gasteiger partial charge < -0.3 is 9.15 Å². The lowest BCUT2D eigenvalue weighted by Crippen LogP contribution is -2.30. The molecule has 1 aliphatic rings. The first-order valence-corrected chi connectivity index (χ1v) is 7.84. The number of esters is 1. The summed E-state index contributed by atoms with van der Waals surface area (Å²) >= 11 is 0. The monoisotopic (exact) mass is 318 g/mol. The lowest BCUT2D eigenvalue weighted by atomic mass is 10.3. The van der Waals surface area contributed by atoms with E-state index < -0.39 is 5.97 Å². The molecular formula is C16H22N4O3. The summed E-state index contributed by atoms with van der Waals surface area (Å²) < 4.78 is 10.2. The van der Waals surface area contributed by atoms with Crippen LogP contribution in [0.1, 0.15) is 28.4 Å². The molecule has 0 bridgehead atoms. The minimum absolute atomic E-state index is 0.262. The maximum atomic E-state index is 11.4. The summed E-state index contributed by atoms with van der Waals surface area (Å²) in [6.07, 6.45) is 2.90. The number of aromatic amines is 1. The molecule has 2 aromatic heterocycles. The van der Waals surface area contributed by atoms with E-state index in [0.29, 0.717) is 0 Å². The van der Waals surface area contributed by atoms with Crippen LogP contribution in [0.2, 0.25) is 0 Å². The van der Waals surface area contributed by atoms with E-state index in [1.54, 1.807) is 12.3 Å². The number of hydrogen-bond donors (Lipinski definition) is 1. The second-order valence-electron chi connectivity index (χ2n) is 5.75. The molecule has 0 aliphatic carbocycles. The first kappa shape index (κ1) is 15.8. The molecule has 0 radical (unpaired) electrons. The topological polar surface area (TPSA) is 74.6 Å². The van der Waals surface area contributed by atoms with E-state index in [0.717, 1.165) is 57.1 Å². The van der Waals surface area contributed by atoms with Crippen molar-refractivity contribution in [1.82, 2.24) is 20.0 Å². The fourth-order valence-corrected chi connectivity index (χ4v) is 2.85. The number of methoxy groups -OCH3 is 1. The smallest absolute Gasteiger partial charge is 0.373 e. The van der Waals surface area contributed by atoms with Crippen LogP contribution in [-0.4, -0.2) is 59.3 Å². The highest BCUT2D eigenvalue weighted by Crippen LogP contribution is 2.14. The van der Waals surface area contributed by atoms with Crippen LogP contribution < -0.4 is 0 Å². The van der Waals surface area contributed by atoms with Crippen LogP contribution in [0.4, 0.5) is 0 Å². The first-order chi connectivity index (χ1) is 11.2. The molecule has 0 amide bonds. The summed E-state index contributed by atoms with van der Waals surface area (Å²) in [7, 11) is 1.35. The fourth-order valence-electron chi connectivity index (χ4n) is 2.85. The van der Waals surface area contributed by atoms with Gasteiger partial charge in [0.05, 0.1) is 13.7 Å². The molecule has 7 nitrogen and oxygen atoms in total. The van der Waals surface area contributed by atoms with E-state index in [9.17, 15) is 4.79 Å². The molecule has 1 fully saturated rings. The van der Waals surface area contributed by atoms with Crippen molar-refractivity contribution in [1.29, 1.82) is 0 Å². The summed E-state index contributed by atoms with van der Waals surface area (Å²) in [6, 6.07) is 5.53. The number of nitrogens with one attached hydrogen (secondary N) is 1. The summed E-state index contributed by atoms with van der Waals surface area (Å²) in [5, 5.41) is 7.00. The molecule has 0 aromatic carbocycles. The minimum Gasteiger partial charge on any atom is -0.463 e. The zero-order chi connectivity index (χ0) is 16.1. The standard InChI is InChI=1S/C16H22N4O3/c1-22-16(21)15-4-3-14(23-15)12-20-8-2-7-19(9-10-20)11-13-5-6-17-18-13/h3-6H,2,7-12H2,1H3,(H,17,18). The average molecular weight is 318 g/mol. The molecule has 1 aliphatic heterocycles. The van der Waals surface area contributed by atoms with E-state index >= 15 is 0 Å². The van der Waals surface area contributed by atoms with Crippen molar-refractivity contribution in [3.63, 3.8) is 0 Å². The number of carbonyl (C=O) groups is 1. The number of ether oxygens (including phenoxy) is 1. The van der Waals surface area contributed by atoms with Gasteiger partial charge in [-0.3, -0.25) is 14.9 Å². The number of nitrogens with zero attached hydrogens (tertiary/aromatic N) is 3. The van der Waals surface area contributed by atoms with Crippen LogP contribution in [-0.2, 0) is 17.8 Å². The Morgan fingerprint density at radius 2 is 2.00 bits per heavy atom. The molecule has 0 atom stereocenters. The Morgan fingerprint density at radius 3 is 2.70 bits per heavy atom. The van der Waals surface area contributed by atoms with Crippen LogP contribution >= 0.6 is 0 Å². The molecule has 3 heterocycles. The predicted octanol–water partition coefficient (Wildman–Crippen LogP) is 1.50. The van der Waals surface area contributed by atoms with Gasteiger partial charge in [0.2, 0.25) is 5.76 Å². The molecule has 124 valence electrons. The normalized spacial score (nSPS) is 17.1. The lowest BCUT2D eigenvalue weighted by molar-refractivity contribution is 0.0561. The second-order valence-corrected chi connectivity index (χ2v) is 5.75. The molecule has 23 heavy (non-hydrogen) atoms. The van der Waals surface area contributed by atoms with Gasteiger partial charge in [-0.1, -0.05) is 0 Å². The average Bonchev–Trinajstić information content (AvgIpc) is 3.18. The van der Waals surface area contributed by atoms with Gasteiger partial charge in [-0.25, -0.2) is 4.79 Å². The molecule has 7 heteroatoms. The van der Waals surface area contributed by atoms with E-state index in [-0.39, 0.29) is 5.76 Å². The third-order valence-electron chi connectivity index (χ3n) is 4.06. The van der Waals surface area contributed by atoms with Gasteiger partial charge in [0.1, 0.15) is 5.76 Å². The Bertz CT molecular complexity index is 623. The Balaban J connectivity index is 1.51. The summed E-state index contributed by atoms with van der Waals surface area (Å²) in [4.78, 5) is 16.2. The third kappa shape index (κ3) is 4.20. The maximum absolute atomic E-state index is 11.4. The van der Waals surface area contributed by atoms with Crippen LogP contribution in [0.25, 0.3) is 0 Å². The number of hydrogen-bond acceptors (Lipinski definition) is 6. The van der Waals surface area contributed by atoms with Crippen molar-refractivity contribution in [2.75, 3.05) is 33.3 Å². The number of rotatable bonds is 5. The Hall–Kier alpha value is -2.12. The number of furan rings is 1. The first-order valence-electron chi connectivity index (χ1n) is 7.84. The summed E-state index contributed by atoms with van der Waals surface area (Å²) in [5.74, 6) is 0.628. The van der Waals surface area contributed by atoms with Crippen LogP contribution in [0, 0.1) is 0 Å². The largest absolute Gasteiger partial charge is 0.463 e. The van der Waals surface area contributed by atoms with E-state index in [2.05, 4.69) is 24.7 Å². The van der Waals surface area contributed by atoms with Crippen molar-refractivity contribution in [2.24, 2.45) is 0 Å². The molecule has 1 saturated heterocycles. The highest BCUT2D eigenvalue weighted by Gasteiger charge is 2.18. The predicted molar refractivity (Wildman–Crippen MR) is 83.8 cm³/mol. The quantitative estimate of drug-likeness (QED) is 0.842. The number of H-pyrrole nitrogens is 1. The maximum Gasteiger partial charge on any atom is 0.373 e. The lowest BCUT2D eigenvalue weighted by Gasteiger charge is -2.20. The van der Waals surface area contributed by atoms with Gasteiger partial charge in [-0.05, 0) is 37.7 Å². The van der Waals surface area contributed by atoms with Crippen molar-refractivity contribution in [3.8, 4) is 0 Å². The zero-order valence-electron chi connectivity index (χ0n) is 13.3. The molecular weight excluding hydrogens is 296 g/mol. The Labute approximate surface area is 135 Å². The summed E-state index contributed by atoms with van der Waals surface area (Å²) in [6.45, 7) is 5.69. The van der Waals surface area contributed by atoms with Gasteiger partial charge in [0.25, 0.3) is 0 Å². The molecule has 2 aromatic rings. The van der Waals surface area contributed by atoms with Crippen molar-refractivity contribution in [2.45, 2.75) is 19.5 Å². The Morgan fingerprint density at radius 1 is 1.22 bits per heavy atom. The summed E-state index contributed by atoms with van der Waals surface area (Å²) in [5.41, 5.74) is 1.15. The van der Waals surface area contributed by atoms with Gasteiger partial charge in [0, 0.05) is 31.5 Å². The van der Waals surface area contributed by atoms with Crippen molar-refractivity contribution >= 4 is 5.97 Å². The SMILES string of the molecule is COC(=O)c1ccc(CN2CCCN(Cc3ccn[nH]3)CC2)o1. The van der Waals surface area contributed by atoms with Gasteiger partial charge in [-0.2, -0.15) is 5.10 Å². The van der Waals surface area contributed by atoms with E-state index in [4.69, 9.17) is 4.42 Å². The van der Waals surface area contributed by atoms with E-state index in [1.807, 2.05) is 12.1 Å². The van der Waals surface area contributed by atoms with Crippen molar-refractivity contribution < 1.29 is 13.9 Å². The minimum atomic E-state index is -0.433. The van der Waals surface area contributed by atoms with E-state index in [1.165, 1.54) is 7.11 Å². The Kier molecular flexibility index (Phi) is 5.09. The zero-order valence-corrected chi connectivity index (χ0v) is 13.3. The van der Waals surface area contributed by atoms with Crippen molar-refractivity contribution in [3.05, 3.63) is 41.6 Å². The second kappa shape index (κ2) is 7.43. The fraction of sp³-hybridized carbons (Fsp3) is 0.500. The van der Waals surface area contributed by atoms with Crippen LogP contribution in [0.5, 0.6) is 0 Å². The number of carbonyl (C=O) groups excluding carboxylic acids is 1. The third-order valence-corrected chi connectivity index (χ3v) is 4.06. The van der Waals surface area contributed by atoms with Crippen LogP contribution in [0.3, 0.4) is 0 Å². The number of aromatic nitrogens is 2. The van der Waals surface area contributed by atoms with Gasteiger partial charge >= 0.3 is 5.97 Å². The highest BCUT2D eigenvalue weighted by atomic mass is 16.5. The molecule has 0 unspecified atom stereocenters.